The minimum absolute atomic E-state index is 0.619. The van der Waals surface area contributed by atoms with Crippen molar-refractivity contribution in [3.8, 4) is 0 Å². The molecule has 1 aliphatic rings. The molecule has 16 heavy (non-hydrogen) atoms. The van der Waals surface area contributed by atoms with Crippen molar-refractivity contribution in [3.05, 3.63) is 22.4 Å². The number of thiophene rings is 1. The van der Waals surface area contributed by atoms with Crippen LogP contribution in [0, 0.1) is 5.92 Å². The Morgan fingerprint density at radius 1 is 1.44 bits per heavy atom. The van der Waals surface area contributed by atoms with Crippen LogP contribution in [0.5, 0.6) is 0 Å². The molecule has 2 heterocycles. The number of thioether (sulfide) groups is 1. The topological polar surface area (TPSA) is 12.0 Å². The molecule has 1 fully saturated rings. The molecule has 1 nitrogen and oxygen atoms in total. The normalized spacial score (nSPS) is 19.8. The summed E-state index contributed by atoms with van der Waals surface area (Å²) < 4.78 is 0. The molecule has 1 atom stereocenters. The van der Waals surface area contributed by atoms with Crippen molar-refractivity contribution >= 4 is 23.1 Å². The Hall–Kier alpha value is 0.01000. The van der Waals surface area contributed by atoms with Crippen LogP contribution in [0.25, 0.3) is 0 Å². The number of rotatable bonds is 5. The fourth-order valence-electron chi connectivity index (χ4n) is 2.12. The van der Waals surface area contributed by atoms with Crippen LogP contribution in [0.4, 0.5) is 0 Å². The quantitative estimate of drug-likeness (QED) is 0.865. The molecule has 1 aliphatic heterocycles. The third-order valence-corrected chi connectivity index (χ3v) is 5.13. The van der Waals surface area contributed by atoms with Crippen LogP contribution in [0.2, 0.25) is 0 Å². The summed E-state index contributed by atoms with van der Waals surface area (Å²) in [5.41, 5.74) is 0. The molecule has 0 saturated carbocycles. The minimum atomic E-state index is 0.619. The highest BCUT2D eigenvalue weighted by Gasteiger charge is 2.14. The molecule has 1 unspecified atom stereocenters. The second-order valence-corrected chi connectivity index (χ2v) is 6.91. The van der Waals surface area contributed by atoms with E-state index in [-0.39, 0.29) is 0 Å². The van der Waals surface area contributed by atoms with Crippen LogP contribution in [0.15, 0.2) is 17.5 Å². The summed E-state index contributed by atoms with van der Waals surface area (Å²) in [6, 6.07) is 5.00. The van der Waals surface area contributed by atoms with Crippen molar-refractivity contribution < 1.29 is 0 Å². The molecule has 0 amide bonds. The number of hydrogen-bond donors (Lipinski definition) is 1. The maximum absolute atomic E-state index is 3.69. The molecular weight excluding hydrogens is 234 g/mol. The van der Waals surface area contributed by atoms with E-state index in [2.05, 4.69) is 41.5 Å². The van der Waals surface area contributed by atoms with E-state index in [0.29, 0.717) is 6.04 Å². The molecule has 0 radical (unpaired) electrons. The monoisotopic (exact) mass is 255 g/mol. The summed E-state index contributed by atoms with van der Waals surface area (Å²) in [7, 11) is 0. The molecule has 0 aromatic carbocycles. The lowest BCUT2D eigenvalue weighted by Gasteiger charge is -2.23. The van der Waals surface area contributed by atoms with Crippen molar-refractivity contribution in [3.63, 3.8) is 0 Å². The molecule has 1 aromatic heterocycles. The molecule has 1 saturated heterocycles. The standard InChI is InChI=1S/C13H21NS2/c1-11(9-13-3-2-6-16-13)14-10-12-4-7-15-8-5-12/h2-3,6,11-12,14H,4-5,7-10H2,1H3. The minimum Gasteiger partial charge on any atom is -0.314 e. The zero-order valence-electron chi connectivity index (χ0n) is 9.95. The molecule has 1 N–H and O–H groups in total. The van der Waals surface area contributed by atoms with E-state index in [0.717, 1.165) is 5.92 Å². The van der Waals surface area contributed by atoms with Crippen LogP contribution >= 0.6 is 23.1 Å². The van der Waals surface area contributed by atoms with Gasteiger partial charge in [0.25, 0.3) is 0 Å². The van der Waals surface area contributed by atoms with Crippen molar-refractivity contribution in [1.29, 1.82) is 0 Å². The van der Waals surface area contributed by atoms with Gasteiger partial charge in [-0.3, -0.25) is 0 Å². The second kappa shape index (κ2) is 6.67. The first-order valence-corrected chi connectivity index (χ1v) is 8.21. The highest BCUT2D eigenvalue weighted by Crippen LogP contribution is 2.22. The first-order valence-electron chi connectivity index (χ1n) is 6.18. The fraction of sp³-hybridized carbons (Fsp3) is 0.692. The maximum atomic E-state index is 3.69. The van der Waals surface area contributed by atoms with Gasteiger partial charge in [-0.25, -0.2) is 0 Å². The molecule has 0 aliphatic carbocycles. The van der Waals surface area contributed by atoms with Crippen LogP contribution in [-0.4, -0.2) is 24.1 Å². The van der Waals surface area contributed by atoms with Gasteiger partial charge in [-0.05, 0) is 61.6 Å². The van der Waals surface area contributed by atoms with Crippen LogP contribution in [-0.2, 0) is 6.42 Å². The van der Waals surface area contributed by atoms with Crippen LogP contribution in [0.3, 0.4) is 0 Å². The van der Waals surface area contributed by atoms with Gasteiger partial charge >= 0.3 is 0 Å². The molecule has 0 bridgehead atoms. The summed E-state index contributed by atoms with van der Waals surface area (Å²) in [6.45, 7) is 3.52. The van der Waals surface area contributed by atoms with E-state index >= 15 is 0 Å². The van der Waals surface area contributed by atoms with E-state index < -0.39 is 0 Å². The summed E-state index contributed by atoms with van der Waals surface area (Å²) in [5.74, 6) is 3.66. The highest BCUT2D eigenvalue weighted by molar-refractivity contribution is 7.99. The van der Waals surface area contributed by atoms with E-state index in [1.54, 1.807) is 0 Å². The van der Waals surface area contributed by atoms with Crippen molar-refractivity contribution in [1.82, 2.24) is 5.32 Å². The predicted octanol–water partition coefficient (Wildman–Crippen LogP) is 3.41. The first-order chi connectivity index (χ1) is 7.84. The molecule has 90 valence electrons. The van der Waals surface area contributed by atoms with Crippen molar-refractivity contribution in [2.24, 2.45) is 5.92 Å². The Balaban J connectivity index is 1.65. The maximum Gasteiger partial charge on any atom is 0.00871 e. The van der Waals surface area contributed by atoms with Gasteiger partial charge < -0.3 is 5.32 Å². The van der Waals surface area contributed by atoms with Gasteiger partial charge in [-0.15, -0.1) is 11.3 Å². The smallest absolute Gasteiger partial charge is 0.00871 e. The third kappa shape index (κ3) is 4.11. The summed E-state index contributed by atoms with van der Waals surface area (Å²) in [5, 5.41) is 5.86. The molecule has 3 heteroatoms. The van der Waals surface area contributed by atoms with Gasteiger partial charge in [-0.1, -0.05) is 6.07 Å². The van der Waals surface area contributed by atoms with Crippen molar-refractivity contribution in [2.45, 2.75) is 32.2 Å². The molecule has 1 aromatic rings. The Bertz CT molecular complexity index is 278. The Kier molecular flexibility index (Phi) is 5.20. The van der Waals surface area contributed by atoms with Gasteiger partial charge in [0, 0.05) is 10.9 Å². The van der Waals surface area contributed by atoms with Crippen LogP contribution < -0.4 is 5.32 Å². The lowest BCUT2D eigenvalue weighted by Crippen LogP contribution is -2.33. The molecule has 0 spiro atoms. The van der Waals surface area contributed by atoms with Gasteiger partial charge in [-0.2, -0.15) is 11.8 Å². The summed E-state index contributed by atoms with van der Waals surface area (Å²) in [6.07, 6.45) is 3.99. The molecule has 2 rings (SSSR count). The largest absolute Gasteiger partial charge is 0.314 e. The summed E-state index contributed by atoms with van der Waals surface area (Å²) in [4.78, 5) is 1.50. The second-order valence-electron chi connectivity index (χ2n) is 4.65. The zero-order chi connectivity index (χ0) is 11.2. The average molecular weight is 255 g/mol. The Morgan fingerprint density at radius 3 is 2.94 bits per heavy atom. The number of hydrogen-bond acceptors (Lipinski definition) is 3. The van der Waals surface area contributed by atoms with Crippen molar-refractivity contribution in [2.75, 3.05) is 18.1 Å². The Labute approximate surface area is 107 Å². The van der Waals surface area contributed by atoms with E-state index in [4.69, 9.17) is 0 Å². The van der Waals surface area contributed by atoms with Crippen LogP contribution in [0.1, 0.15) is 24.6 Å². The lowest BCUT2D eigenvalue weighted by molar-refractivity contribution is 0.416. The zero-order valence-corrected chi connectivity index (χ0v) is 11.6. The average Bonchev–Trinajstić information content (AvgIpc) is 2.81. The SMILES string of the molecule is CC(Cc1cccs1)NCC1CCSCC1. The van der Waals surface area contributed by atoms with E-state index in [1.165, 1.54) is 42.2 Å². The number of nitrogens with one attached hydrogen (secondary N) is 1. The highest BCUT2D eigenvalue weighted by atomic mass is 32.2. The lowest BCUT2D eigenvalue weighted by atomic mass is 10.0. The molecular formula is C13H21NS2. The third-order valence-electron chi connectivity index (χ3n) is 3.18. The fourth-order valence-corrected chi connectivity index (χ4v) is 4.16. The van der Waals surface area contributed by atoms with E-state index in [1.807, 2.05) is 11.3 Å². The first kappa shape index (κ1) is 12.5. The summed E-state index contributed by atoms with van der Waals surface area (Å²) >= 11 is 3.98. The van der Waals surface area contributed by atoms with Gasteiger partial charge in [0.2, 0.25) is 0 Å². The van der Waals surface area contributed by atoms with Gasteiger partial charge in [0.1, 0.15) is 0 Å². The Morgan fingerprint density at radius 2 is 2.25 bits per heavy atom. The van der Waals surface area contributed by atoms with E-state index in [9.17, 15) is 0 Å². The van der Waals surface area contributed by atoms with Gasteiger partial charge in [0.05, 0.1) is 0 Å². The predicted molar refractivity (Wildman–Crippen MR) is 75.5 cm³/mol. The van der Waals surface area contributed by atoms with Gasteiger partial charge in [0.15, 0.2) is 0 Å².